The van der Waals surface area contributed by atoms with Crippen molar-refractivity contribution in [3.63, 3.8) is 0 Å². The zero-order valence-electron chi connectivity index (χ0n) is 7.06. The summed E-state index contributed by atoms with van der Waals surface area (Å²) in [7, 11) is 0. The molecule has 5 heteroatoms. The molecule has 0 saturated heterocycles. The summed E-state index contributed by atoms with van der Waals surface area (Å²) in [6.07, 6.45) is 2.24. The third-order valence-electron chi connectivity index (χ3n) is 2.03. The quantitative estimate of drug-likeness (QED) is 0.729. The van der Waals surface area contributed by atoms with Crippen LogP contribution in [-0.2, 0) is 17.8 Å². The van der Waals surface area contributed by atoms with Crippen LogP contribution in [0, 0.1) is 0 Å². The summed E-state index contributed by atoms with van der Waals surface area (Å²) in [6, 6.07) is 0. The van der Waals surface area contributed by atoms with Gasteiger partial charge in [-0.3, -0.25) is 9.36 Å². The second kappa shape index (κ2) is 3.08. The van der Waals surface area contributed by atoms with Gasteiger partial charge < -0.3 is 9.84 Å². The van der Waals surface area contributed by atoms with Crippen LogP contribution in [0.5, 0.6) is 5.88 Å². The summed E-state index contributed by atoms with van der Waals surface area (Å²) >= 11 is 0. The van der Waals surface area contributed by atoms with Crippen molar-refractivity contribution in [1.82, 2.24) is 9.55 Å². The van der Waals surface area contributed by atoms with Gasteiger partial charge in [0.25, 0.3) is 0 Å². The number of carboxylic acids is 1. The van der Waals surface area contributed by atoms with Gasteiger partial charge in [0.1, 0.15) is 12.4 Å². The molecule has 1 aromatic heterocycles. The molecule has 70 valence electrons. The largest absolute Gasteiger partial charge is 0.481 e. The highest BCUT2D eigenvalue weighted by Gasteiger charge is 2.16. The van der Waals surface area contributed by atoms with Gasteiger partial charge in [-0.25, -0.2) is 4.98 Å². The molecule has 1 aliphatic rings. The first-order valence-corrected chi connectivity index (χ1v) is 4.16. The standard InChI is InChI=1S/C8H10N2O3/c11-8(12)2-1-6-9-5-7-10(6)3-4-13-7/h5H,1-4H2,(H,11,12). The maximum Gasteiger partial charge on any atom is 0.303 e. The van der Waals surface area contributed by atoms with Gasteiger partial charge >= 0.3 is 5.97 Å². The fourth-order valence-electron chi connectivity index (χ4n) is 1.41. The Bertz CT molecular complexity index is 332. The number of ether oxygens (including phenoxy) is 1. The van der Waals surface area contributed by atoms with E-state index in [1.165, 1.54) is 0 Å². The van der Waals surface area contributed by atoms with Gasteiger partial charge in [0, 0.05) is 6.42 Å². The molecule has 0 atom stereocenters. The Kier molecular flexibility index (Phi) is 1.92. The number of nitrogens with zero attached hydrogens (tertiary/aromatic N) is 2. The number of carboxylic acid groups (broad SMARTS) is 1. The van der Waals surface area contributed by atoms with Crippen LogP contribution in [-0.4, -0.2) is 27.2 Å². The van der Waals surface area contributed by atoms with E-state index in [-0.39, 0.29) is 6.42 Å². The van der Waals surface area contributed by atoms with E-state index in [1.807, 2.05) is 4.57 Å². The number of rotatable bonds is 3. The fourth-order valence-corrected chi connectivity index (χ4v) is 1.41. The van der Waals surface area contributed by atoms with Crippen molar-refractivity contribution in [2.45, 2.75) is 19.4 Å². The summed E-state index contributed by atoms with van der Waals surface area (Å²) in [5.74, 6) is 0.756. The highest BCUT2D eigenvalue weighted by atomic mass is 16.5. The Morgan fingerprint density at radius 2 is 2.62 bits per heavy atom. The number of fused-ring (bicyclic) bond motifs is 1. The molecule has 0 bridgehead atoms. The van der Waals surface area contributed by atoms with Crippen LogP contribution in [0.25, 0.3) is 0 Å². The molecule has 0 spiro atoms. The lowest BCUT2D eigenvalue weighted by molar-refractivity contribution is -0.137. The van der Waals surface area contributed by atoms with Crippen molar-refractivity contribution in [3.05, 3.63) is 12.0 Å². The number of hydrogen-bond acceptors (Lipinski definition) is 3. The number of aliphatic carboxylic acids is 1. The van der Waals surface area contributed by atoms with E-state index in [4.69, 9.17) is 9.84 Å². The third kappa shape index (κ3) is 1.49. The molecule has 0 aromatic carbocycles. The number of imidazole rings is 1. The molecule has 1 aromatic rings. The summed E-state index contributed by atoms with van der Waals surface area (Å²) in [6.45, 7) is 1.45. The Hall–Kier alpha value is -1.52. The molecule has 2 rings (SSSR count). The molecule has 0 saturated carbocycles. The van der Waals surface area contributed by atoms with Crippen LogP contribution in [0.4, 0.5) is 0 Å². The van der Waals surface area contributed by atoms with Gasteiger partial charge in [0.15, 0.2) is 0 Å². The van der Waals surface area contributed by atoms with Crippen LogP contribution in [0.15, 0.2) is 6.20 Å². The van der Waals surface area contributed by atoms with Gasteiger partial charge in [-0.05, 0) is 0 Å². The predicted octanol–water partition coefficient (Wildman–Crippen LogP) is 0.293. The molecule has 5 nitrogen and oxygen atoms in total. The zero-order valence-corrected chi connectivity index (χ0v) is 7.06. The minimum Gasteiger partial charge on any atom is -0.481 e. The van der Waals surface area contributed by atoms with E-state index in [2.05, 4.69) is 4.98 Å². The van der Waals surface area contributed by atoms with E-state index in [0.29, 0.717) is 13.0 Å². The lowest BCUT2D eigenvalue weighted by Crippen LogP contribution is -2.04. The number of aromatic nitrogens is 2. The van der Waals surface area contributed by atoms with Crippen molar-refractivity contribution in [2.75, 3.05) is 6.61 Å². The summed E-state index contributed by atoms with van der Waals surface area (Å²) in [5.41, 5.74) is 0. The fraction of sp³-hybridized carbons (Fsp3) is 0.500. The first-order valence-electron chi connectivity index (χ1n) is 4.16. The van der Waals surface area contributed by atoms with Crippen LogP contribution in [0.2, 0.25) is 0 Å². The minimum absolute atomic E-state index is 0.121. The van der Waals surface area contributed by atoms with Crippen molar-refractivity contribution >= 4 is 5.97 Å². The molecule has 0 radical (unpaired) electrons. The number of hydrogen-bond donors (Lipinski definition) is 1. The predicted molar refractivity (Wildman–Crippen MR) is 43.7 cm³/mol. The normalized spacial score (nSPS) is 13.8. The molecule has 1 N–H and O–H groups in total. The summed E-state index contributed by atoms with van der Waals surface area (Å²) in [5, 5.41) is 8.49. The smallest absolute Gasteiger partial charge is 0.303 e. The Morgan fingerprint density at radius 3 is 3.38 bits per heavy atom. The highest BCUT2D eigenvalue weighted by molar-refractivity contribution is 5.66. The molecular weight excluding hydrogens is 172 g/mol. The van der Waals surface area contributed by atoms with Crippen molar-refractivity contribution in [3.8, 4) is 5.88 Å². The average molecular weight is 182 g/mol. The van der Waals surface area contributed by atoms with Gasteiger partial charge in [-0.2, -0.15) is 0 Å². The molecule has 0 unspecified atom stereocenters. The zero-order chi connectivity index (χ0) is 9.26. The van der Waals surface area contributed by atoms with Crippen molar-refractivity contribution < 1.29 is 14.6 Å². The molecule has 2 heterocycles. The van der Waals surface area contributed by atoms with Crippen LogP contribution in [0.3, 0.4) is 0 Å². The monoisotopic (exact) mass is 182 g/mol. The van der Waals surface area contributed by atoms with E-state index >= 15 is 0 Å². The molecule has 0 fully saturated rings. The van der Waals surface area contributed by atoms with Gasteiger partial charge in [-0.1, -0.05) is 0 Å². The lowest BCUT2D eigenvalue weighted by atomic mass is 10.3. The third-order valence-corrected chi connectivity index (χ3v) is 2.03. The van der Waals surface area contributed by atoms with E-state index < -0.39 is 5.97 Å². The van der Waals surface area contributed by atoms with Crippen molar-refractivity contribution in [1.29, 1.82) is 0 Å². The summed E-state index contributed by atoms with van der Waals surface area (Å²) in [4.78, 5) is 14.4. The Balaban J connectivity index is 2.08. The van der Waals surface area contributed by atoms with Gasteiger partial charge in [-0.15, -0.1) is 0 Å². The molecule has 0 aliphatic carbocycles. The van der Waals surface area contributed by atoms with Crippen LogP contribution in [0.1, 0.15) is 12.2 Å². The second-order valence-corrected chi connectivity index (χ2v) is 2.91. The number of aryl methyl sites for hydroxylation is 1. The molecule has 13 heavy (non-hydrogen) atoms. The maximum absolute atomic E-state index is 10.3. The lowest BCUT2D eigenvalue weighted by Gasteiger charge is -1.98. The topological polar surface area (TPSA) is 64.3 Å². The van der Waals surface area contributed by atoms with Crippen LogP contribution < -0.4 is 4.74 Å². The van der Waals surface area contributed by atoms with Crippen LogP contribution >= 0.6 is 0 Å². The average Bonchev–Trinajstić information content (AvgIpc) is 2.60. The highest BCUT2D eigenvalue weighted by Crippen LogP contribution is 2.19. The molecular formula is C8H10N2O3. The van der Waals surface area contributed by atoms with E-state index in [9.17, 15) is 4.79 Å². The molecule has 1 aliphatic heterocycles. The Labute approximate surface area is 75.0 Å². The Morgan fingerprint density at radius 1 is 1.77 bits per heavy atom. The first kappa shape index (κ1) is 8.10. The van der Waals surface area contributed by atoms with E-state index in [1.54, 1.807) is 6.20 Å². The van der Waals surface area contributed by atoms with Gasteiger partial charge in [0.2, 0.25) is 5.88 Å². The number of carbonyl (C=O) groups is 1. The molecule has 0 amide bonds. The SMILES string of the molecule is O=C(O)CCc1ncc2n1CCO2. The van der Waals surface area contributed by atoms with Crippen molar-refractivity contribution in [2.24, 2.45) is 0 Å². The first-order chi connectivity index (χ1) is 6.27. The maximum atomic E-state index is 10.3. The van der Waals surface area contributed by atoms with E-state index in [0.717, 1.165) is 18.2 Å². The minimum atomic E-state index is -0.795. The second-order valence-electron chi connectivity index (χ2n) is 2.91. The summed E-state index contributed by atoms with van der Waals surface area (Å²) < 4.78 is 7.16. The van der Waals surface area contributed by atoms with Gasteiger partial charge in [0.05, 0.1) is 19.2 Å².